The predicted octanol–water partition coefficient (Wildman–Crippen LogP) is 0.848. The van der Waals surface area contributed by atoms with Crippen LogP contribution in [0.4, 0.5) is 0 Å². The first-order valence-corrected chi connectivity index (χ1v) is 3.41. The van der Waals surface area contributed by atoms with Crippen molar-refractivity contribution in [3.8, 4) is 0 Å². The van der Waals surface area contributed by atoms with E-state index < -0.39 is 11.8 Å². The van der Waals surface area contributed by atoms with Crippen molar-refractivity contribution in [3.63, 3.8) is 0 Å². The summed E-state index contributed by atoms with van der Waals surface area (Å²) in [6, 6.07) is 0. The van der Waals surface area contributed by atoms with E-state index in [2.05, 4.69) is 0 Å². The Balaban J connectivity index is 2.83. The molecule has 0 spiro atoms. The summed E-state index contributed by atoms with van der Waals surface area (Å²) >= 11 is 0. The van der Waals surface area contributed by atoms with Crippen molar-refractivity contribution < 1.29 is 19.4 Å². The largest absolute Gasteiger partial charge is 0.478 e. The zero-order valence-corrected chi connectivity index (χ0v) is 6.75. The molecule has 4 heteroatoms. The third-order valence-corrected chi connectivity index (χ3v) is 1.50. The molecule has 4 nitrogen and oxygen atoms in total. The molecular weight excluding hydrogens is 160 g/mol. The molecule has 0 aromatic carbocycles. The predicted molar refractivity (Wildman–Crippen MR) is 40.2 cm³/mol. The van der Waals surface area contributed by atoms with Gasteiger partial charge in [-0.2, -0.15) is 0 Å². The molecular formula is C8H8O4. The maximum atomic E-state index is 11.2. The Morgan fingerprint density at radius 2 is 2.00 bits per heavy atom. The van der Waals surface area contributed by atoms with E-state index in [4.69, 9.17) is 9.84 Å². The fourth-order valence-corrected chi connectivity index (χ4v) is 0.808. The van der Waals surface area contributed by atoms with Gasteiger partial charge >= 0.3 is 5.97 Å². The lowest BCUT2D eigenvalue weighted by Crippen LogP contribution is -2.10. The lowest BCUT2D eigenvalue weighted by molar-refractivity contribution is -0.134. The van der Waals surface area contributed by atoms with Crippen LogP contribution in [0, 0.1) is 0 Å². The Hall–Kier alpha value is -1.58. The minimum Gasteiger partial charge on any atom is -0.478 e. The van der Waals surface area contributed by atoms with Crippen molar-refractivity contribution in [2.75, 3.05) is 0 Å². The molecule has 0 radical (unpaired) electrons. The molecule has 1 aliphatic heterocycles. The number of rotatable bonds is 3. The number of carboxylic acids is 1. The average Bonchev–Trinajstić information content (AvgIpc) is 2.67. The summed E-state index contributed by atoms with van der Waals surface area (Å²) < 4.78 is 4.69. The van der Waals surface area contributed by atoms with Gasteiger partial charge in [0, 0.05) is 0 Å². The summed E-state index contributed by atoms with van der Waals surface area (Å²) in [5.74, 6) is -1.12. The third-order valence-electron chi connectivity index (χ3n) is 1.50. The molecule has 0 unspecified atom stereocenters. The van der Waals surface area contributed by atoms with Gasteiger partial charge in [0.1, 0.15) is 11.3 Å². The molecule has 1 heterocycles. The molecule has 0 saturated heterocycles. The number of carbonyl (C=O) groups is 2. The maximum Gasteiger partial charge on any atom is 0.339 e. The van der Waals surface area contributed by atoms with Gasteiger partial charge in [0.15, 0.2) is 0 Å². The summed E-state index contributed by atoms with van der Waals surface area (Å²) in [6.45, 7) is 3.11. The van der Waals surface area contributed by atoms with Crippen molar-refractivity contribution >= 4 is 11.8 Å². The Kier molecular flexibility index (Phi) is 1.99. The molecule has 1 rings (SSSR count). The van der Waals surface area contributed by atoms with Crippen LogP contribution in [-0.4, -0.2) is 16.9 Å². The van der Waals surface area contributed by atoms with Gasteiger partial charge < -0.3 is 9.84 Å². The van der Waals surface area contributed by atoms with E-state index >= 15 is 0 Å². The van der Waals surface area contributed by atoms with Crippen LogP contribution >= 0.6 is 0 Å². The molecule has 1 N–H and O–H groups in total. The van der Waals surface area contributed by atoms with Crippen molar-refractivity contribution in [2.45, 2.75) is 13.8 Å². The number of Topliss-reactive ketones (excluding diaryl/α,β-unsaturated/α-hetero) is 1. The van der Waals surface area contributed by atoms with E-state index in [0.717, 1.165) is 0 Å². The maximum absolute atomic E-state index is 11.2. The third kappa shape index (κ3) is 1.37. The van der Waals surface area contributed by atoms with Gasteiger partial charge in [-0.25, -0.2) is 4.79 Å². The summed E-state index contributed by atoms with van der Waals surface area (Å²) in [5, 5.41) is 8.54. The van der Waals surface area contributed by atoms with Crippen LogP contribution in [0.15, 0.2) is 23.2 Å². The summed E-state index contributed by atoms with van der Waals surface area (Å²) in [6.07, 6.45) is 1.26. The van der Waals surface area contributed by atoms with Gasteiger partial charge in [0.2, 0.25) is 11.5 Å². The van der Waals surface area contributed by atoms with E-state index in [-0.39, 0.29) is 11.3 Å². The highest BCUT2D eigenvalue weighted by Crippen LogP contribution is 2.28. The molecule has 0 atom stereocenters. The average molecular weight is 168 g/mol. The highest BCUT2D eigenvalue weighted by molar-refractivity contribution is 6.23. The van der Waals surface area contributed by atoms with Crippen LogP contribution in [0.5, 0.6) is 0 Å². The van der Waals surface area contributed by atoms with Crippen LogP contribution in [0.2, 0.25) is 0 Å². The number of ether oxygens (including phenoxy) is 1. The molecule has 0 fully saturated rings. The molecule has 0 bridgehead atoms. The monoisotopic (exact) mass is 168 g/mol. The first-order chi connectivity index (χ1) is 5.57. The molecule has 0 aliphatic carbocycles. The molecule has 12 heavy (non-hydrogen) atoms. The number of hydrogen-bond acceptors (Lipinski definition) is 3. The smallest absolute Gasteiger partial charge is 0.339 e. The SMILES string of the molecule is C/C=C(/C(=O)O)C(=O)C1=C(C)O1. The lowest BCUT2D eigenvalue weighted by Gasteiger charge is -1.92. The van der Waals surface area contributed by atoms with E-state index in [1.54, 1.807) is 6.92 Å². The number of carboxylic acid groups (broad SMARTS) is 1. The van der Waals surface area contributed by atoms with Gasteiger partial charge in [-0.05, 0) is 13.8 Å². The summed E-state index contributed by atoms with van der Waals surface area (Å²) in [7, 11) is 0. The molecule has 0 amide bonds. The molecule has 0 aromatic heterocycles. The van der Waals surface area contributed by atoms with Gasteiger partial charge in [-0.1, -0.05) is 6.08 Å². The van der Waals surface area contributed by atoms with Crippen LogP contribution in [0.1, 0.15) is 13.8 Å². The minimum absolute atomic E-state index is 0.158. The van der Waals surface area contributed by atoms with Crippen molar-refractivity contribution in [1.82, 2.24) is 0 Å². The Labute approximate surface area is 69.1 Å². The standard InChI is InChI=1S/C8H8O4/c1-3-5(8(10)11)6(9)7-4(2)12-7/h3H,1-2H3,(H,10,11)/b5-3+. The number of ketones is 1. The molecule has 0 saturated carbocycles. The second-order valence-electron chi connectivity index (χ2n) is 2.32. The van der Waals surface area contributed by atoms with Gasteiger partial charge in [-0.3, -0.25) is 4.79 Å². The van der Waals surface area contributed by atoms with E-state index in [0.29, 0.717) is 5.76 Å². The molecule has 64 valence electrons. The first kappa shape index (κ1) is 8.52. The van der Waals surface area contributed by atoms with E-state index in [1.807, 2.05) is 0 Å². The number of hydrogen-bond donors (Lipinski definition) is 1. The van der Waals surface area contributed by atoms with Crippen LogP contribution in [0.25, 0.3) is 0 Å². The Morgan fingerprint density at radius 3 is 2.25 bits per heavy atom. The molecule has 1 aliphatic rings. The molecule has 0 aromatic rings. The number of allylic oxidation sites excluding steroid dienone is 3. The lowest BCUT2D eigenvalue weighted by atomic mass is 10.1. The van der Waals surface area contributed by atoms with Crippen LogP contribution < -0.4 is 0 Å². The van der Waals surface area contributed by atoms with Crippen LogP contribution in [-0.2, 0) is 14.3 Å². The van der Waals surface area contributed by atoms with Gasteiger partial charge in [0.05, 0.1) is 0 Å². The van der Waals surface area contributed by atoms with Crippen molar-refractivity contribution in [2.24, 2.45) is 0 Å². The van der Waals surface area contributed by atoms with Gasteiger partial charge in [0.25, 0.3) is 0 Å². The Morgan fingerprint density at radius 1 is 1.50 bits per heavy atom. The van der Waals surface area contributed by atoms with E-state index in [9.17, 15) is 9.59 Å². The Bertz CT molecular complexity index is 309. The second-order valence-corrected chi connectivity index (χ2v) is 2.32. The highest BCUT2D eigenvalue weighted by atomic mass is 16.6. The minimum atomic E-state index is -1.22. The van der Waals surface area contributed by atoms with E-state index in [1.165, 1.54) is 13.0 Å². The normalized spacial score (nSPS) is 15.7. The van der Waals surface area contributed by atoms with Crippen LogP contribution in [0.3, 0.4) is 0 Å². The quantitative estimate of drug-likeness (QED) is 0.385. The summed E-state index contributed by atoms with van der Waals surface area (Å²) in [5.41, 5.74) is -0.248. The van der Waals surface area contributed by atoms with Crippen molar-refractivity contribution in [3.05, 3.63) is 23.2 Å². The van der Waals surface area contributed by atoms with Crippen molar-refractivity contribution in [1.29, 1.82) is 0 Å². The second kappa shape index (κ2) is 2.81. The summed E-state index contributed by atoms with van der Waals surface area (Å²) in [4.78, 5) is 21.6. The topological polar surface area (TPSA) is 66.9 Å². The highest BCUT2D eigenvalue weighted by Gasteiger charge is 2.32. The number of carbonyl (C=O) groups excluding carboxylic acids is 1. The first-order valence-electron chi connectivity index (χ1n) is 3.41. The fourth-order valence-electron chi connectivity index (χ4n) is 0.808. The fraction of sp³-hybridized carbons (Fsp3) is 0.250. The zero-order chi connectivity index (χ0) is 9.30. The zero-order valence-electron chi connectivity index (χ0n) is 6.75. The number of aliphatic carboxylic acids is 1. The van der Waals surface area contributed by atoms with Gasteiger partial charge in [-0.15, -0.1) is 0 Å².